The van der Waals surface area contributed by atoms with E-state index in [0.717, 1.165) is 6.42 Å². The average Bonchev–Trinajstić information content (AvgIpc) is 2.63. The summed E-state index contributed by atoms with van der Waals surface area (Å²) in [5, 5.41) is 2.88. The van der Waals surface area contributed by atoms with E-state index in [2.05, 4.69) is 40.3 Å². The molecule has 2 aromatic rings. The Kier molecular flexibility index (Phi) is 7.19. The molecular weight excluding hydrogens is 382 g/mol. The molecule has 2 atom stereocenters. The van der Waals surface area contributed by atoms with Crippen LogP contribution in [0.2, 0.25) is 0 Å². The lowest BCUT2D eigenvalue weighted by Crippen LogP contribution is -2.38. The minimum absolute atomic E-state index is 0.233. The van der Waals surface area contributed by atoms with E-state index in [4.69, 9.17) is 4.74 Å². The van der Waals surface area contributed by atoms with Gasteiger partial charge in [-0.15, -0.1) is 0 Å². The van der Waals surface area contributed by atoms with Gasteiger partial charge in [-0.05, 0) is 47.0 Å². The second-order valence-electron chi connectivity index (χ2n) is 5.79. The minimum atomic E-state index is -0.854. The monoisotopic (exact) mass is 403 g/mol. The smallest absolute Gasteiger partial charge is 0.340 e. The molecule has 0 aliphatic carbocycles. The zero-order chi connectivity index (χ0) is 18.2. The van der Waals surface area contributed by atoms with E-state index in [9.17, 15) is 9.59 Å². The summed E-state index contributed by atoms with van der Waals surface area (Å²) in [7, 11) is 0. The van der Waals surface area contributed by atoms with Crippen LogP contribution in [0.4, 0.5) is 0 Å². The average molecular weight is 404 g/mol. The van der Waals surface area contributed by atoms with Gasteiger partial charge in [0.2, 0.25) is 0 Å². The zero-order valence-electron chi connectivity index (χ0n) is 14.4. The lowest BCUT2D eigenvalue weighted by molar-refractivity contribution is -0.129. The van der Waals surface area contributed by atoms with Gasteiger partial charge >= 0.3 is 5.97 Å². The van der Waals surface area contributed by atoms with Crippen LogP contribution in [0.15, 0.2) is 59.1 Å². The van der Waals surface area contributed by atoms with Gasteiger partial charge in [-0.1, -0.05) is 49.4 Å². The van der Waals surface area contributed by atoms with Crippen LogP contribution in [0, 0.1) is 0 Å². The number of carbonyl (C=O) groups is 2. The maximum absolute atomic E-state index is 12.2. The number of amides is 1. The molecule has 2 rings (SSSR count). The predicted octanol–water partition coefficient (Wildman–Crippen LogP) is 4.30. The maximum atomic E-state index is 12.2. The lowest BCUT2D eigenvalue weighted by atomic mass is 9.96. The summed E-state index contributed by atoms with van der Waals surface area (Å²) in [4.78, 5) is 24.4. The molecule has 0 aliphatic rings. The van der Waals surface area contributed by atoms with Gasteiger partial charge in [0.15, 0.2) is 6.10 Å². The van der Waals surface area contributed by atoms with Crippen LogP contribution in [0.25, 0.3) is 0 Å². The van der Waals surface area contributed by atoms with Crippen molar-refractivity contribution in [2.24, 2.45) is 0 Å². The van der Waals surface area contributed by atoms with Crippen LogP contribution >= 0.6 is 15.9 Å². The molecule has 25 heavy (non-hydrogen) atoms. The van der Waals surface area contributed by atoms with E-state index < -0.39 is 12.1 Å². The molecule has 0 bridgehead atoms. The fourth-order valence-electron chi connectivity index (χ4n) is 2.49. The van der Waals surface area contributed by atoms with Gasteiger partial charge < -0.3 is 10.1 Å². The molecular formula is C20H22BrNO3. The Labute approximate surface area is 156 Å². The largest absolute Gasteiger partial charge is 0.449 e. The van der Waals surface area contributed by atoms with Crippen molar-refractivity contribution < 1.29 is 14.3 Å². The molecule has 0 aromatic heterocycles. The van der Waals surface area contributed by atoms with Crippen molar-refractivity contribution in [3.8, 4) is 0 Å². The van der Waals surface area contributed by atoms with Crippen LogP contribution in [0.3, 0.4) is 0 Å². The second-order valence-corrected chi connectivity index (χ2v) is 6.64. The highest BCUT2D eigenvalue weighted by molar-refractivity contribution is 9.10. The SMILES string of the molecule is CC[C@H](CNC(=O)[C@H](C)OC(=O)c1ccccc1Br)c1ccccc1. The van der Waals surface area contributed by atoms with Gasteiger partial charge in [-0.2, -0.15) is 0 Å². The Morgan fingerprint density at radius 1 is 1.08 bits per heavy atom. The van der Waals surface area contributed by atoms with Gasteiger partial charge in [0.25, 0.3) is 5.91 Å². The van der Waals surface area contributed by atoms with Crippen molar-refractivity contribution in [2.75, 3.05) is 6.54 Å². The fraction of sp³-hybridized carbons (Fsp3) is 0.300. The highest BCUT2D eigenvalue weighted by Crippen LogP contribution is 2.19. The number of hydrogen-bond donors (Lipinski definition) is 1. The van der Waals surface area contributed by atoms with E-state index in [-0.39, 0.29) is 11.8 Å². The van der Waals surface area contributed by atoms with Crippen molar-refractivity contribution >= 4 is 27.8 Å². The predicted molar refractivity (Wildman–Crippen MR) is 102 cm³/mol. The molecule has 0 aliphatic heterocycles. The molecule has 132 valence electrons. The van der Waals surface area contributed by atoms with Crippen molar-refractivity contribution in [1.82, 2.24) is 5.32 Å². The quantitative estimate of drug-likeness (QED) is 0.700. The van der Waals surface area contributed by atoms with Crippen LogP contribution in [0.5, 0.6) is 0 Å². The van der Waals surface area contributed by atoms with Crippen LogP contribution in [-0.4, -0.2) is 24.5 Å². The van der Waals surface area contributed by atoms with Crippen LogP contribution in [-0.2, 0) is 9.53 Å². The molecule has 2 aromatic carbocycles. The topological polar surface area (TPSA) is 55.4 Å². The summed E-state index contributed by atoms with van der Waals surface area (Å²) in [6.45, 7) is 4.17. The molecule has 0 saturated carbocycles. The molecule has 5 heteroatoms. The number of rotatable bonds is 7. The fourth-order valence-corrected chi connectivity index (χ4v) is 2.94. The number of ether oxygens (including phenoxy) is 1. The summed E-state index contributed by atoms with van der Waals surface area (Å²) in [6.07, 6.45) is 0.0583. The summed E-state index contributed by atoms with van der Waals surface area (Å²) in [6, 6.07) is 17.0. The first-order valence-electron chi connectivity index (χ1n) is 8.31. The van der Waals surface area contributed by atoms with Crippen LogP contribution < -0.4 is 5.32 Å². The molecule has 1 N–H and O–H groups in total. The third-order valence-corrected chi connectivity index (χ3v) is 4.72. The normalized spacial score (nSPS) is 12.9. The standard InChI is InChI=1S/C20H22BrNO3/c1-3-15(16-9-5-4-6-10-16)13-22-19(23)14(2)25-20(24)17-11-7-8-12-18(17)21/h4-12,14-15H,3,13H2,1-2H3,(H,22,23)/t14-,15+/m0/s1. The van der Waals surface area contributed by atoms with Gasteiger partial charge in [0, 0.05) is 16.9 Å². The third kappa shape index (κ3) is 5.43. The van der Waals surface area contributed by atoms with E-state index in [1.807, 2.05) is 24.3 Å². The first kappa shape index (κ1) is 19.2. The number of hydrogen-bond acceptors (Lipinski definition) is 3. The van der Waals surface area contributed by atoms with Crippen molar-refractivity contribution in [3.05, 3.63) is 70.2 Å². The molecule has 4 nitrogen and oxygen atoms in total. The third-order valence-electron chi connectivity index (χ3n) is 4.03. The van der Waals surface area contributed by atoms with E-state index in [1.54, 1.807) is 25.1 Å². The Bertz CT molecular complexity index is 718. The Balaban J connectivity index is 1.90. The number of nitrogens with one attached hydrogen (secondary N) is 1. The number of carbonyl (C=O) groups excluding carboxylic acids is 2. The molecule has 0 heterocycles. The Morgan fingerprint density at radius 2 is 1.72 bits per heavy atom. The van der Waals surface area contributed by atoms with Crippen molar-refractivity contribution in [3.63, 3.8) is 0 Å². The summed E-state index contributed by atoms with van der Waals surface area (Å²) < 4.78 is 5.91. The maximum Gasteiger partial charge on any atom is 0.340 e. The summed E-state index contributed by atoms with van der Waals surface area (Å²) >= 11 is 3.31. The van der Waals surface area contributed by atoms with Gasteiger partial charge in [-0.25, -0.2) is 4.79 Å². The van der Waals surface area contributed by atoms with Gasteiger partial charge in [0.1, 0.15) is 0 Å². The van der Waals surface area contributed by atoms with Crippen molar-refractivity contribution in [1.29, 1.82) is 0 Å². The summed E-state index contributed by atoms with van der Waals surface area (Å²) in [5.74, 6) is -0.587. The first-order chi connectivity index (χ1) is 12.0. The van der Waals surface area contributed by atoms with Crippen molar-refractivity contribution in [2.45, 2.75) is 32.3 Å². The van der Waals surface area contributed by atoms with E-state index in [0.29, 0.717) is 16.6 Å². The zero-order valence-corrected chi connectivity index (χ0v) is 16.0. The molecule has 0 spiro atoms. The Hall–Kier alpha value is -2.14. The number of halogens is 1. The molecule has 0 unspecified atom stereocenters. The summed E-state index contributed by atoms with van der Waals surface area (Å²) in [5.41, 5.74) is 1.58. The molecule has 0 saturated heterocycles. The number of esters is 1. The Morgan fingerprint density at radius 3 is 2.36 bits per heavy atom. The lowest BCUT2D eigenvalue weighted by Gasteiger charge is -2.18. The minimum Gasteiger partial charge on any atom is -0.449 e. The first-order valence-corrected chi connectivity index (χ1v) is 9.10. The molecule has 0 fully saturated rings. The number of benzene rings is 2. The van der Waals surface area contributed by atoms with Crippen LogP contribution in [0.1, 0.15) is 42.1 Å². The van der Waals surface area contributed by atoms with Gasteiger partial charge in [-0.3, -0.25) is 4.79 Å². The highest BCUT2D eigenvalue weighted by Gasteiger charge is 2.21. The van der Waals surface area contributed by atoms with E-state index in [1.165, 1.54) is 5.56 Å². The highest BCUT2D eigenvalue weighted by atomic mass is 79.9. The second kappa shape index (κ2) is 9.37. The molecule has 0 radical (unpaired) electrons. The molecule has 1 amide bonds. The van der Waals surface area contributed by atoms with E-state index >= 15 is 0 Å². The van der Waals surface area contributed by atoms with Gasteiger partial charge in [0.05, 0.1) is 5.56 Å².